The van der Waals surface area contributed by atoms with Gasteiger partial charge in [-0.2, -0.15) is 0 Å². The average molecular weight is 691 g/mol. The Labute approximate surface area is 315 Å². The van der Waals surface area contributed by atoms with Crippen LogP contribution in [0.4, 0.5) is 17.1 Å². The predicted molar refractivity (Wildman–Crippen MR) is 225 cm³/mol. The molecule has 7 aromatic rings. The van der Waals surface area contributed by atoms with Gasteiger partial charge in [0.2, 0.25) is 0 Å². The van der Waals surface area contributed by atoms with Gasteiger partial charge in [0, 0.05) is 38.9 Å². The minimum Gasteiger partial charge on any atom is -0.310 e. The van der Waals surface area contributed by atoms with Crippen molar-refractivity contribution in [1.82, 2.24) is 4.57 Å². The Balaban J connectivity index is 1.21. The molecule has 264 valence electrons. The molecule has 53 heavy (non-hydrogen) atoms. The van der Waals surface area contributed by atoms with E-state index < -0.39 is 0 Å². The van der Waals surface area contributed by atoms with Gasteiger partial charge in [0.15, 0.2) is 0 Å². The van der Waals surface area contributed by atoms with Crippen LogP contribution in [0.1, 0.15) is 112 Å². The number of aromatic nitrogens is 1. The zero-order chi connectivity index (χ0) is 35.5. The summed E-state index contributed by atoms with van der Waals surface area (Å²) in [4.78, 5) is 2.60. The van der Waals surface area contributed by atoms with Crippen LogP contribution in [0.3, 0.4) is 0 Å². The number of benzene rings is 6. The minimum atomic E-state index is -0.0737. The fraction of sp³-hybridized carbons (Fsp3) is 0.294. The lowest BCUT2D eigenvalue weighted by Crippen LogP contribution is -2.18. The third kappa shape index (κ3) is 5.36. The number of fused-ring (bicyclic) bond motifs is 6. The summed E-state index contributed by atoms with van der Waals surface area (Å²) >= 11 is 0. The van der Waals surface area contributed by atoms with E-state index in [-0.39, 0.29) is 5.41 Å². The normalized spacial score (nSPS) is 17.2. The quantitative estimate of drug-likeness (QED) is 0.169. The Morgan fingerprint density at radius 3 is 1.89 bits per heavy atom. The molecular weight excluding hydrogens is 641 g/mol. The molecule has 0 spiro atoms. The van der Waals surface area contributed by atoms with Gasteiger partial charge in [-0.1, -0.05) is 143 Å². The maximum Gasteiger partial charge on any atom is 0.0562 e. The summed E-state index contributed by atoms with van der Waals surface area (Å²) in [5.41, 5.74) is 16.2. The zero-order valence-corrected chi connectivity index (χ0v) is 31.3. The lowest BCUT2D eigenvalue weighted by atomic mass is 9.82. The highest BCUT2D eigenvalue weighted by Gasteiger charge is 2.36. The third-order valence-corrected chi connectivity index (χ3v) is 13.2. The van der Waals surface area contributed by atoms with Crippen LogP contribution in [-0.2, 0) is 5.41 Å². The molecule has 10 rings (SSSR count). The molecule has 0 unspecified atom stereocenters. The fourth-order valence-corrected chi connectivity index (χ4v) is 10.5. The topological polar surface area (TPSA) is 8.17 Å². The van der Waals surface area contributed by atoms with Crippen LogP contribution in [0.5, 0.6) is 0 Å². The summed E-state index contributed by atoms with van der Waals surface area (Å²) in [6.07, 6.45) is 13.1. The maximum absolute atomic E-state index is 2.60. The first-order valence-corrected chi connectivity index (χ1v) is 20.3. The van der Waals surface area contributed by atoms with Crippen molar-refractivity contribution in [2.24, 2.45) is 0 Å². The predicted octanol–water partition coefficient (Wildman–Crippen LogP) is 14.7. The average Bonchev–Trinajstić information content (AvgIpc) is 3.66. The first-order chi connectivity index (χ1) is 26.1. The molecule has 2 fully saturated rings. The van der Waals surface area contributed by atoms with E-state index in [4.69, 9.17) is 0 Å². The Morgan fingerprint density at radius 1 is 0.491 bits per heavy atom. The van der Waals surface area contributed by atoms with E-state index in [2.05, 4.69) is 157 Å². The molecule has 1 heterocycles. The fourth-order valence-electron chi connectivity index (χ4n) is 10.5. The number of hydrogen-bond acceptors (Lipinski definition) is 1. The first kappa shape index (κ1) is 32.6. The lowest BCUT2D eigenvalue weighted by molar-refractivity contribution is 0.443. The standard InChI is InChI=1S/C51H50N2/c1-51(2)45-25-13-9-23-41(45)42-31-29-37(33-46(42)51)52(47-26-14-10-21-39(47)35-17-5-3-6-18-35)38-30-32-44-43-24-12-16-28-49(43)53(50(44)34-38)48-27-15-11-22-40(48)36-19-7-4-8-20-36/h9-16,21-36H,3-8,17-20H2,1-2H3. The molecule has 0 atom stereocenters. The summed E-state index contributed by atoms with van der Waals surface area (Å²) < 4.78 is 2.59. The van der Waals surface area contributed by atoms with E-state index in [1.54, 1.807) is 0 Å². The number of nitrogens with zero attached hydrogens (tertiary/aromatic N) is 2. The largest absolute Gasteiger partial charge is 0.310 e. The highest BCUT2D eigenvalue weighted by Crippen LogP contribution is 2.52. The molecule has 0 bridgehead atoms. The molecule has 2 heteroatoms. The zero-order valence-electron chi connectivity index (χ0n) is 31.3. The Kier molecular flexibility index (Phi) is 8.05. The molecule has 0 saturated heterocycles. The van der Waals surface area contributed by atoms with Gasteiger partial charge in [-0.15, -0.1) is 0 Å². The highest BCUT2D eigenvalue weighted by molar-refractivity contribution is 6.10. The van der Waals surface area contributed by atoms with E-state index in [1.165, 1.54) is 142 Å². The second kappa shape index (κ2) is 13.1. The van der Waals surface area contributed by atoms with Gasteiger partial charge in [-0.3, -0.25) is 0 Å². The number of anilines is 3. The summed E-state index contributed by atoms with van der Waals surface area (Å²) in [6.45, 7) is 4.80. The van der Waals surface area contributed by atoms with Crippen molar-refractivity contribution < 1.29 is 0 Å². The van der Waals surface area contributed by atoms with Crippen LogP contribution in [0.15, 0.2) is 133 Å². The number of para-hydroxylation sites is 3. The van der Waals surface area contributed by atoms with Gasteiger partial charge >= 0.3 is 0 Å². The molecule has 0 amide bonds. The highest BCUT2D eigenvalue weighted by atomic mass is 15.1. The van der Waals surface area contributed by atoms with Crippen molar-refractivity contribution in [3.05, 3.63) is 156 Å². The maximum atomic E-state index is 2.60. The Bertz CT molecular complexity index is 2470. The van der Waals surface area contributed by atoms with Gasteiger partial charge in [-0.05, 0) is 113 Å². The van der Waals surface area contributed by atoms with Gasteiger partial charge in [0.05, 0.1) is 11.0 Å². The van der Waals surface area contributed by atoms with Crippen molar-refractivity contribution in [1.29, 1.82) is 0 Å². The summed E-state index contributed by atoms with van der Waals surface area (Å²) in [5, 5.41) is 2.63. The number of hydrogen-bond donors (Lipinski definition) is 0. The minimum absolute atomic E-state index is 0.0737. The molecule has 6 aromatic carbocycles. The van der Waals surface area contributed by atoms with Crippen LogP contribution in [0.2, 0.25) is 0 Å². The smallest absolute Gasteiger partial charge is 0.0562 e. The molecule has 3 aliphatic carbocycles. The second-order valence-electron chi connectivity index (χ2n) is 16.6. The molecule has 1 aromatic heterocycles. The van der Waals surface area contributed by atoms with Gasteiger partial charge in [-0.25, -0.2) is 0 Å². The molecule has 3 aliphatic rings. The summed E-state index contributed by atoms with van der Waals surface area (Å²) in [6, 6.07) is 51.2. The van der Waals surface area contributed by atoms with Gasteiger partial charge in [0.1, 0.15) is 0 Å². The van der Waals surface area contributed by atoms with Crippen LogP contribution in [0.25, 0.3) is 38.6 Å². The first-order valence-electron chi connectivity index (χ1n) is 20.3. The van der Waals surface area contributed by atoms with Crippen LogP contribution in [-0.4, -0.2) is 4.57 Å². The second-order valence-corrected chi connectivity index (χ2v) is 16.6. The van der Waals surface area contributed by atoms with Crippen molar-refractivity contribution >= 4 is 38.9 Å². The Hall–Kier alpha value is -5.08. The van der Waals surface area contributed by atoms with Gasteiger partial charge in [0.25, 0.3) is 0 Å². The van der Waals surface area contributed by atoms with Crippen LogP contribution in [0, 0.1) is 0 Å². The van der Waals surface area contributed by atoms with Crippen LogP contribution >= 0.6 is 0 Å². The third-order valence-electron chi connectivity index (χ3n) is 13.2. The van der Waals surface area contributed by atoms with Crippen LogP contribution < -0.4 is 4.90 Å². The van der Waals surface area contributed by atoms with E-state index in [1.807, 2.05) is 0 Å². The molecule has 0 radical (unpaired) electrons. The molecule has 2 nitrogen and oxygen atoms in total. The lowest BCUT2D eigenvalue weighted by Gasteiger charge is -2.32. The molecule has 0 aliphatic heterocycles. The monoisotopic (exact) mass is 690 g/mol. The molecule has 2 saturated carbocycles. The molecular formula is C51H50N2. The summed E-state index contributed by atoms with van der Waals surface area (Å²) in [7, 11) is 0. The van der Waals surface area contributed by atoms with E-state index in [0.29, 0.717) is 11.8 Å². The Morgan fingerprint density at radius 2 is 1.08 bits per heavy atom. The van der Waals surface area contributed by atoms with Crippen molar-refractivity contribution in [2.45, 2.75) is 95.3 Å². The van der Waals surface area contributed by atoms with Crippen molar-refractivity contribution in [3.8, 4) is 16.8 Å². The number of rotatable bonds is 6. The van der Waals surface area contributed by atoms with E-state index in [9.17, 15) is 0 Å². The van der Waals surface area contributed by atoms with Crippen molar-refractivity contribution in [2.75, 3.05) is 4.90 Å². The van der Waals surface area contributed by atoms with Crippen molar-refractivity contribution in [3.63, 3.8) is 0 Å². The summed E-state index contributed by atoms with van der Waals surface area (Å²) in [5.74, 6) is 1.19. The SMILES string of the molecule is CC1(C)c2ccccc2-c2ccc(N(c3ccc4c5ccccc5n(-c5ccccc5C5CCCCC5)c4c3)c3ccccc3C3CCCCC3)cc21. The van der Waals surface area contributed by atoms with E-state index >= 15 is 0 Å². The van der Waals surface area contributed by atoms with E-state index in [0.717, 1.165) is 0 Å². The molecule has 0 N–H and O–H groups in total. The van der Waals surface area contributed by atoms with Gasteiger partial charge < -0.3 is 9.47 Å².